The maximum absolute atomic E-state index is 13.0. The van der Waals surface area contributed by atoms with Gasteiger partial charge in [0.25, 0.3) is 5.56 Å². The fourth-order valence-electron chi connectivity index (χ4n) is 3.09. The normalized spacial score (nSPS) is 11.1. The standard InChI is InChI=1S/C20H15NO5/c1-25-13-8-6-12(7-9-13)11-21-15-5-3-2-4-14(15)19-18(20(21)24)16(22)10-17(23)26-19/h2-10,22H,11H2,1H3. The molecule has 6 nitrogen and oxygen atoms in total. The predicted molar refractivity (Wildman–Crippen MR) is 98.0 cm³/mol. The molecule has 0 fully saturated rings. The number of rotatable bonds is 3. The first-order valence-corrected chi connectivity index (χ1v) is 8.00. The third kappa shape index (κ3) is 2.52. The molecule has 4 aromatic rings. The fraction of sp³-hybridized carbons (Fsp3) is 0.100. The van der Waals surface area contributed by atoms with Gasteiger partial charge >= 0.3 is 5.63 Å². The van der Waals surface area contributed by atoms with E-state index in [1.54, 1.807) is 35.9 Å². The SMILES string of the molecule is COc1ccc(Cn2c(=O)c3c(O)cc(=O)oc3c3ccccc32)cc1. The summed E-state index contributed by atoms with van der Waals surface area (Å²) in [4.78, 5) is 24.7. The number of fused-ring (bicyclic) bond motifs is 3. The van der Waals surface area contributed by atoms with Gasteiger partial charge in [-0.05, 0) is 29.8 Å². The number of hydrogen-bond donors (Lipinski definition) is 1. The largest absolute Gasteiger partial charge is 0.507 e. The molecule has 130 valence electrons. The first-order chi connectivity index (χ1) is 12.6. The first-order valence-electron chi connectivity index (χ1n) is 8.00. The number of pyridine rings is 1. The Morgan fingerprint density at radius 3 is 2.54 bits per heavy atom. The Morgan fingerprint density at radius 2 is 1.81 bits per heavy atom. The Hall–Kier alpha value is -3.54. The molecule has 0 saturated heterocycles. The van der Waals surface area contributed by atoms with Crippen LogP contribution in [0.25, 0.3) is 21.9 Å². The Morgan fingerprint density at radius 1 is 1.08 bits per heavy atom. The molecule has 0 atom stereocenters. The van der Waals surface area contributed by atoms with Crippen LogP contribution in [0.15, 0.2) is 68.6 Å². The van der Waals surface area contributed by atoms with E-state index in [-0.39, 0.29) is 16.7 Å². The molecule has 0 aliphatic rings. The molecule has 6 heteroatoms. The molecule has 0 unspecified atom stereocenters. The molecule has 2 aromatic carbocycles. The molecule has 0 radical (unpaired) electrons. The summed E-state index contributed by atoms with van der Waals surface area (Å²) in [5.74, 6) is 0.347. The lowest BCUT2D eigenvalue weighted by Crippen LogP contribution is -2.22. The molecule has 0 saturated carbocycles. The van der Waals surface area contributed by atoms with Crippen molar-refractivity contribution in [3.8, 4) is 11.5 Å². The quantitative estimate of drug-likeness (QED) is 0.575. The first kappa shape index (κ1) is 16.0. The van der Waals surface area contributed by atoms with Crippen molar-refractivity contribution in [1.82, 2.24) is 4.57 Å². The monoisotopic (exact) mass is 349 g/mol. The van der Waals surface area contributed by atoms with Crippen LogP contribution >= 0.6 is 0 Å². The Labute approximate surface area is 147 Å². The number of aromatic nitrogens is 1. The highest BCUT2D eigenvalue weighted by atomic mass is 16.5. The summed E-state index contributed by atoms with van der Waals surface area (Å²) >= 11 is 0. The van der Waals surface area contributed by atoms with Gasteiger partial charge in [0.1, 0.15) is 16.9 Å². The summed E-state index contributed by atoms with van der Waals surface area (Å²) in [6.45, 7) is 0.303. The van der Waals surface area contributed by atoms with E-state index < -0.39 is 11.2 Å². The molecule has 0 spiro atoms. The van der Waals surface area contributed by atoms with Crippen molar-refractivity contribution in [2.75, 3.05) is 7.11 Å². The van der Waals surface area contributed by atoms with Crippen molar-refractivity contribution in [1.29, 1.82) is 0 Å². The number of benzene rings is 2. The third-order valence-corrected chi connectivity index (χ3v) is 4.34. The van der Waals surface area contributed by atoms with E-state index in [0.29, 0.717) is 17.4 Å². The van der Waals surface area contributed by atoms with Crippen molar-refractivity contribution in [2.45, 2.75) is 6.54 Å². The maximum atomic E-state index is 13.0. The van der Waals surface area contributed by atoms with Crippen LogP contribution in [0, 0.1) is 0 Å². The summed E-state index contributed by atoms with van der Waals surface area (Å²) in [5.41, 5.74) is 0.494. The number of ether oxygens (including phenoxy) is 1. The summed E-state index contributed by atoms with van der Waals surface area (Å²) in [6.07, 6.45) is 0. The molecule has 4 rings (SSSR count). The van der Waals surface area contributed by atoms with Crippen molar-refractivity contribution in [2.24, 2.45) is 0 Å². The molecule has 26 heavy (non-hydrogen) atoms. The zero-order valence-electron chi connectivity index (χ0n) is 13.9. The van der Waals surface area contributed by atoms with Gasteiger partial charge in [0.05, 0.1) is 25.2 Å². The zero-order chi connectivity index (χ0) is 18.3. The smallest absolute Gasteiger partial charge is 0.339 e. The van der Waals surface area contributed by atoms with E-state index in [1.807, 2.05) is 24.3 Å². The molecule has 0 aliphatic carbocycles. The lowest BCUT2D eigenvalue weighted by molar-refractivity contribution is 0.414. The van der Waals surface area contributed by atoms with E-state index in [9.17, 15) is 14.7 Å². The van der Waals surface area contributed by atoms with E-state index in [4.69, 9.17) is 9.15 Å². The van der Waals surface area contributed by atoms with Gasteiger partial charge in [-0.1, -0.05) is 24.3 Å². The van der Waals surface area contributed by atoms with Crippen molar-refractivity contribution < 1.29 is 14.3 Å². The zero-order valence-corrected chi connectivity index (χ0v) is 13.9. The second-order valence-corrected chi connectivity index (χ2v) is 5.91. The van der Waals surface area contributed by atoms with Crippen molar-refractivity contribution in [3.05, 3.63) is 80.9 Å². The van der Waals surface area contributed by atoms with Crippen LogP contribution in [0.1, 0.15) is 5.56 Å². The van der Waals surface area contributed by atoms with E-state index in [2.05, 4.69) is 0 Å². The fourth-order valence-corrected chi connectivity index (χ4v) is 3.09. The molecule has 2 heterocycles. The second kappa shape index (κ2) is 6.07. The number of para-hydroxylation sites is 1. The van der Waals surface area contributed by atoms with Gasteiger partial charge in [0, 0.05) is 5.39 Å². The van der Waals surface area contributed by atoms with Gasteiger partial charge in [0.2, 0.25) is 0 Å². The van der Waals surface area contributed by atoms with Gasteiger partial charge in [-0.3, -0.25) is 4.79 Å². The molecule has 0 amide bonds. The van der Waals surface area contributed by atoms with Gasteiger partial charge < -0.3 is 18.8 Å². The average Bonchev–Trinajstić information content (AvgIpc) is 2.65. The van der Waals surface area contributed by atoms with Crippen molar-refractivity contribution >= 4 is 21.9 Å². The Bertz CT molecular complexity index is 1240. The lowest BCUT2D eigenvalue weighted by Gasteiger charge is -2.13. The van der Waals surface area contributed by atoms with Crippen LogP contribution in [0.5, 0.6) is 11.5 Å². The third-order valence-electron chi connectivity index (χ3n) is 4.34. The lowest BCUT2D eigenvalue weighted by atomic mass is 10.1. The van der Waals surface area contributed by atoms with Gasteiger partial charge in [0.15, 0.2) is 5.58 Å². The minimum absolute atomic E-state index is 0.00295. The molecule has 2 aromatic heterocycles. The maximum Gasteiger partial charge on any atom is 0.339 e. The molecule has 0 bridgehead atoms. The van der Waals surface area contributed by atoms with Crippen LogP contribution in [-0.2, 0) is 6.54 Å². The highest BCUT2D eigenvalue weighted by Gasteiger charge is 2.17. The summed E-state index contributed by atoms with van der Waals surface area (Å²) in [7, 11) is 1.59. The number of hydrogen-bond acceptors (Lipinski definition) is 5. The topological polar surface area (TPSA) is 81.7 Å². The Kier molecular flexibility index (Phi) is 3.73. The number of aromatic hydroxyl groups is 1. The van der Waals surface area contributed by atoms with Crippen molar-refractivity contribution in [3.63, 3.8) is 0 Å². The van der Waals surface area contributed by atoms with E-state index in [1.165, 1.54) is 0 Å². The molecule has 1 N–H and O–H groups in total. The number of methoxy groups -OCH3 is 1. The van der Waals surface area contributed by atoms with Crippen LogP contribution in [0.2, 0.25) is 0 Å². The second-order valence-electron chi connectivity index (χ2n) is 5.91. The Balaban J connectivity index is 2.02. The van der Waals surface area contributed by atoms with Crippen LogP contribution < -0.4 is 15.9 Å². The van der Waals surface area contributed by atoms with E-state index >= 15 is 0 Å². The number of nitrogens with zero attached hydrogens (tertiary/aromatic N) is 1. The summed E-state index contributed by atoms with van der Waals surface area (Å²) < 4.78 is 11.9. The molecular weight excluding hydrogens is 334 g/mol. The van der Waals surface area contributed by atoms with Gasteiger partial charge in [-0.2, -0.15) is 0 Å². The minimum atomic E-state index is -0.701. The average molecular weight is 349 g/mol. The molecular formula is C20H15NO5. The van der Waals surface area contributed by atoms with Crippen LogP contribution in [0.4, 0.5) is 0 Å². The minimum Gasteiger partial charge on any atom is -0.507 e. The predicted octanol–water partition coefficient (Wildman–Crippen LogP) is 2.87. The van der Waals surface area contributed by atoms with Crippen LogP contribution in [-0.4, -0.2) is 16.8 Å². The van der Waals surface area contributed by atoms with Crippen LogP contribution in [0.3, 0.4) is 0 Å². The van der Waals surface area contributed by atoms with Gasteiger partial charge in [-0.25, -0.2) is 4.79 Å². The molecule has 0 aliphatic heterocycles. The summed E-state index contributed by atoms with van der Waals surface area (Å²) in [6, 6.07) is 15.4. The highest BCUT2D eigenvalue weighted by Crippen LogP contribution is 2.27. The van der Waals surface area contributed by atoms with Gasteiger partial charge in [-0.15, -0.1) is 0 Å². The highest BCUT2D eigenvalue weighted by molar-refractivity contribution is 6.03. The summed E-state index contributed by atoms with van der Waals surface area (Å²) in [5, 5.41) is 10.7. The van der Waals surface area contributed by atoms with E-state index in [0.717, 1.165) is 17.4 Å².